The van der Waals surface area contributed by atoms with Gasteiger partial charge in [0.05, 0.1) is 56.0 Å². The quantitative estimate of drug-likeness (QED) is 0.238. The number of hydrogen-bond acceptors (Lipinski definition) is 9. The number of allylic oxidation sites excluding steroid dienone is 1. The smallest absolute Gasteiger partial charge is 0.338 e. The lowest BCUT2D eigenvalue weighted by atomic mass is 9.96. The molecule has 0 amide bonds. The third-order valence-electron chi connectivity index (χ3n) is 7.57. The summed E-state index contributed by atoms with van der Waals surface area (Å²) in [6.45, 7) is 1.75. The van der Waals surface area contributed by atoms with Crippen LogP contribution in [-0.4, -0.2) is 48.8 Å². The van der Waals surface area contributed by atoms with Crippen molar-refractivity contribution in [2.75, 3.05) is 28.4 Å². The molecule has 6 rings (SSSR count). The summed E-state index contributed by atoms with van der Waals surface area (Å²) >= 11 is 1.25. The minimum atomic E-state index is -0.737. The average molecular weight is 623 g/mol. The Hall–Kier alpha value is -5.42. The molecule has 0 radical (unpaired) electrons. The van der Waals surface area contributed by atoms with Gasteiger partial charge in [-0.25, -0.2) is 14.5 Å². The number of rotatable bonds is 8. The zero-order chi connectivity index (χ0) is 31.7. The van der Waals surface area contributed by atoms with Gasteiger partial charge in [0, 0.05) is 17.3 Å². The standard InChI is InChI=1S/C34H30N4O6S/c1-20-29(33(40)44-5)31(21-11-14-25(41-2)15-12-21)38-32(39)28(45-34(38)35-20)18-23-19-37(24-9-7-6-8-10-24)36-30(23)22-13-16-26(42-3)27(17-22)43-4/h6-19,31H,1-5H3. The summed E-state index contributed by atoms with van der Waals surface area (Å²) in [6, 6.07) is 21.8. The van der Waals surface area contributed by atoms with E-state index in [0.717, 1.165) is 16.8 Å². The number of ether oxygens (including phenoxy) is 4. The summed E-state index contributed by atoms with van der Waals surface area (Å²) in [6.07, 6.45) is 3.69. The molecule has 10 nitrogen and oxygen atoms in total. The van der Waals surface area contributed by atoms with Crippen molar-refractivity contribution in [1.29, 1.82) is 0 Å². The molecule has 3 heterocycles. The number of thiazole rings is 1. The Kier molecular flexibility index (Phi) is 8.10. The predicted octanol–water partition coefficient (Wildman–Crippen LogP) is 4.29. The maximum Gasteiger partial charge on any atom is 0.338 e. The summed E-state index contributed by atoms with van der Waals surface area (Å²) in [5.74, 6) is 1.25. The zero-order valence-electron chi connectivity index (χ0n) is 25.3. The van der Waals surface area contributed by atoms with E-state index in [9.17, 15) is 9.59 Å². The van der Waals surface area contributed by atoms with Crippen LogP contribution >= 0.6 is 11.3 Å². The summed E-state index contributed by atoms with van der Waals surface area (Å²) in [4.78, 5) is 32.4. The highest BCUT2D eigenvalue weighted by Crippen LogP contribution is 2.34. The first kappa shape index (κ1) is 29.6. The van der Waals surface area contributed by atoms with E-state index in [1.807, 2.05) is 72.9 Å². The van der Waals surface area contributed by atoms with Crippen molar-refractivity contribution in [3.8, 4) is 34.2 Å². The molecule has 0 spiro atoms. The molecule has 1 atom stereocenters. The molecule has 1 aliphatic heterocycles. The topological polar surface area (TPSA) is 106 Å². The highest BCUT2D eigenvalue weighted by molar-refractivity contribution is 7.07. The van der Waals surface area contributed by atoms with Crippen molar-refractivity contribution in [1.82, 2.24) is 14.3 Å². The Morgan fingerprint density at radius 2 is 1.64 bits per heavy atom. The number of carbonyl (C=O) groups is 1. The molecule has 2 aromatic heterocycles. The molecule has 0 saturated heterocycles. The van der Waals surface area contributed by atoms with Crippen LogP contribution in [-0.2, 0) is 9.53 Å². The van der Waals surface area contributed by atoms with Crippen molar-refractivity contribution in [2.45, 2.75) is 13.0 Å². The van der Waals surface area contributed by atoms with Crippen LogP contribution in [0.3, 0.4) is 0 Å². The highest BCUT2D eigenvalue weighted by atomic mass is 32.1. The average Bonchev–Trinajstić information content (AvgIpc) is 3.64. The zero-order valence-corrected chi connectivity index (χ0v) is 26.1. The lowest BCUT2D eigenvalue weighted by molar-refractivity contribution is -0.136. The van der Waals surface area contributed by atoms with Crippen molar-refractivity contribution in [3.63, 3.8) is 0 Å². The van der Waals surface area contributed by atoms with Gasteiger partial charge < -0.3 is 18.9 Å². The van der Waals surface area contributed by atoms with Gasteiger partial charge in [0.15, 0.2) is 16.3 Å². The summed E-state index contributed by atoms with van der Waals surface area (Å²) in [7, 11) is 6.06. The van der Waals surface area contributed by atoms with Crippen LogP contribution in [0.15, 0.2) is 100 Å². The van der Waals surface area contributed by atoms with E-state index in [0.29, 0.717) is 49.1 Å². The van der Waals surface area contributed by atoms with Crippen molar-refractivity contribution >= 4 is 23.4 Å². The van der Waals surface area contributed by atoms with Gasteiger partial charge in [0.1, 0.15) is 11.4 Å². The van der Waals surface area contributed by atoms with Crippen LogP contribution < -0.4 is 29.1 Å². The normalized spacial score (nSPS) is 14.5. The lowest BCUT2D eigenvalue weighted by Gasteiger charge is -2.24. The van der Waals surface area contributed by atoms with Gasteiger partial charge in [-0.3, -0.25) is 9.36 Å². The number of hydrogen-bond donors (Lipinski definition) is 0. The largest absolute Gasteiger partial charge is 0.497 e. The number of benzene rings is 3. The highest BCUT2D eigenvalue weighted by Gasteiger charge is 2.33. The maximum atomic E-state index is 14.2. The third kappa shape index (κ3) is 5.42. The fraction of sp³-hybridized carbons (Fsp3) is 0.176. The van der Waals surface area contributed by atoms with Crippen LogP contribution in [0.5, 0.6) is 17.2 Å². The van der Waals surface area contributed by atoms with E-state index < -0.39 is 12.0 Å². The van der Waals surface area contributed by atoms with E-state index in [4.69, 9.17) is 24.0 Å². The second-order valence-electron chi connectivity index (χ2n) is 10.1. The number of carbonyl (C=O) groups excluding carboxylic acids is 1. The molecule has 0 bridgehead atoms. The van der Waals surface area contributed by atoms with Crippen LogP contribution in [0.4, 0.5) is 0 Å². The number of para-hydroxylation sites is 1. The van der Waals surface area contributed by atoms with Gasteiger partial charge in [0.25, 0.3) is 5.56 Å². The van der Waals surface area contributed by atoms with Crippen LogP contribution in [0.1, 0.15) is 24.1 Å². The molecule has 0 aliphatic carbocycles. The van der Waals surface area contributed by atoms with Gasteiger partial charge in [-0.2, -0.15) is 5.10 Å². The van der Waals surface area contributed by atoms with Gasteiger partial charge >= 0.3 is 5.97 Å². The van der Waals surface area contributed by atoms with E-state index in [-0.39, 0.29) is 5.56 Å². The third-order valence-corrected chi connectivity index (χ3v) is 8.55. The minimum Gasteiger partial charge on any atom is -0.497 e. The first-order valence-electron chi connectivity index (χ1n) is 14.0. The molecule has 5 aromatic rings. The van der Waals surface area contributed by atoms with Gasteiger partial charge in [-0.15, -0.1) is 0 Å². The molecular weight excluding hydrogens is 592 g/mol. The molecule has 1 unspecified atom stereocenters. The van der Waals surface area contributed by atoms with Crippen molar-refractivity contribution in [3.05, 3.63) is 121 Å². The molecule has 0 N–H and O–H groups in total. The Labute approximate surface area is 262 Å². The Balaban J connectivity index is 1.56. The van der Waals surface area contributed by atoms with Crippen molar-refractivity contribution < 1.29 is 23.7 Å². The van der Waals surface area contributed by atoms with Gasteiger partial charge in [-0.05, 0) is 61.0 Å². The summed E-state index contributed by atoms with van der Waals surface area (Å²) in [5.41, 5.74) is 4.20. The van der Waals surface area contributed by atoms with Crippen LogP contribution in [0, 0.1) is 0 Å². The molecule has 3 aromatic carbocycles. The van der Waals surface area contributed by atoms with Crippen LogP contribution in [0.2, 0.25) is 0 Å². The van der Waals surface area contributed by atoms with Gasteiger partial charge in [-0.1, -0.05) is 41.7 Å². The van der Waals surface area contributed by atoms with E-state index in [1.54, 1.807) is 49.6 Å². The monoisotopic (exact) mass is 622 g/mol. The number of aromatic nitrogens is 3. The SMILES string of the molecule is COC(=O)C1=C(C)N=c2sc(=Cc3cn(-c4ccccc4)nc3-c3ccc(OC)c(OC)c3)c(=O)n2C1c1ccc(OC)cc1. The predicted molar refractivity (Wildman–Crippen MR) is 171 cm³/mol. The number of nitrogens with zero attached hydrogens (tertiary/aromatic N) is 4. The molecule has 228 valence electrons. The Morgan fingerprint density at radius 1 is 0.911 bits per heavy atom. The fourth-order valence-electron chi connectivity index (χ4n) is 5.35. The number of methoxy groups -OCH3 is 4. The van der Waals surface area contributed by atoms with Crippen molar-refractivity contribution in [2.24, 2.45) is 4.99 Å². The summed E-state index contributed by atoms with van der Waals surface area (Å²) in [5, 5.41) is 4.91. The molecule has 45 heavy (non-hydrogen) atoms. The maximum absolute atomic E-state index is 14.2. The fourth-order valence-corrected chi connectivity index (χ4v) is 6.39. The molecule has 1 aliphatic rings. The Morgan fingerprint density at radius 3 is 2.31 bits per heavy atom. The van der Waals surface area contributed by atoms with E-state index >= 15 is 0 Å². The van der Waals surface area contributed by atoms with Crippen LogP contribution in [0.25, 0.3) is 23.0 Å². The van der Waals surface area contributed by atoms with E-state index in [1.165, 1.54) is 18.4 Å². The Bertz CT molecular complexity index is 2110. The van der Waals surface area contributed by atoms with Gasteiger partial charge in [0.2, 0.25) is 0 Å². The first-order valence-corrected chi connectivity index (χ1v) is 14.8. The number of fused-ring (bicyclic) bond motifs is 1. The number of esters is 1. The lowest BCUT2D eigenvalue weighted by Crippen LogP contribution is -2.39. The minimum absolute atomic E-state index is 0.292. The second-order valence-corrected chi connectivity index (χ2v) is 11.1. The van der Waals surface area contributed by atoms with E-state index in [2.05, 4.69) is 4.99 Å². The molecule has 11 heteroatoms. The molecular formula is C34H30N4O6S. The summed E-state index contributed by atoms with van der Waals surface area (Å²) < 4.78 is 25.2. The molecule has 0 saturated carbocycles. The first-order chi connectivity index (χ1) is 21.9. The molecule has 0 fully saturated rings. The second kappa shape index (κ2) is 12.3.